The Bertz CT molecular complexity index is 112. The molecule has 0 saturated heterocycles. The molecule has 0 saturated carbocycles. The Balaban J connectivity index is 2.59. The van der Waals surface area contributed by atoms with Crippen LogP contribution in [0.1, 0.15) is 6.92 Å². The Morgan fingerprint density at radius 2 is 2.25 bits per heavy atom. The maximum absolute atomic E-state index is 2.28. The van der Waals surface area contributed by atoms with Crippen molar-refractivity contribution in [3.8, 4) is 0 Å². The van der Waals surface area contributed by atoms with Crippen LogP contribution in [0.2, 0.25) is 0 Å². The maximum Gasteiger partial charge on any atom is 0.0591 e. The molecule has 2 heteroatoms. The van der Waals surface area contributed by atoms with Gasteiger partial charge in [-0.1, -0.05) is 12.2 Å². The van der Waals surface area contributed by atoms with E-state index < -0.39 is 0 Å². The average molecular weight is 221 g/mol. The minimum atomic E-state index is 0.556. The van der Waals surface area contributed by atoms with E-state index in [1.165, 1.54) is 0 Å². The molecule has 0 amide bonds. The van der Waals surface area contributed by atoms with Crippen LogP contribution in [0.4, 0.5) is 0 Å². The molecule has 1 heterocycles. The number of halogens is 1. The molecule has 0 radical (unpaired) electrons. The largest absolute Gasteiger partial charge is 0.315 e. The highest BCUT2D eigenvalue weighted by molar-refractivity contribution is 14.1. The van der Waals surface area contributed by atoms with Gasteiger partial charge in [0.15, 0.2) is 0 Å². The van der Waals surface area contributed by atoms with Gasteiger partial charge in [-0.3, -0.25) is 0 Å². The van der Waals surface area contributed by atoms with Crippen LogP contribution in [0.15, 0.2) is 24.4 Å². The van der Waals surface area contributed by atoms with Crippen LogP contribution in [0.5, 0.6) is 0 Å². The summed E-state index contributed by atoms with van der Waals surface area (Å²) < 4.78 is 2.14. The predicted octanol–water partition coefficient (Wildman–Crippen LogP) is 2.11. The van der Waals surface area contributed by atoms with Crippen LogP contribution in [0, 0.1) is 0 Å². The molecule has 0 aliphatic carbocycles. The van der Waals surface area contributed by atoms with Crippen molar-refractivity contribution < 1.29 is 0 Å². The van der Waals surface area contributed by atoms with E-state index in [9.17, 15) is 0 Å². The number of hydrogen-bond acceptors (Lipinski definition) is 1. The van der Waals surface area contributed by atoms with Crippen molar-refractivity contribution in [3.63, 3.8) is 0 Å². The molecule has 44 valence electrons. The molecule has 0 aromatic heterocycles. The van der Waals surface area contributed by atoms with E-state index in [1.807, 2.05) is 6.08 Å². The van der Waals surface area contributed by atoms with E-state index in [0.717, 1.165) is 0 Å². The summed E-state index contributed by atoms with van der Waals surface area (Å²) in [6, 6.07) is 0.556. The summed E-state index contributed by atoms with van der Waals surface area (Å²) in [4.78, 5) is 0. The van der Waals surface area contributed by atoms with Gasteiger partial charge in [0, 0.05) is 6.20 Å². The fraction of sp³-hybridized carbons (Fsp3) is 0.333. The number of nitrogens with zero attached hydrogens (tertiary/aromatic N) is 1. The summed E-state index contributed by atoms with van der Waals surface area (Å²) >= 11 is 2.28. The van der Waals surface area contributed by atoms with E-state index >= 15 is 0 Å². The van der Waals surface area contributed by atoms with Crippen LogP contribution in [-0.4, -0.2) is 9.16 Å². The summed E-state index contributed by atoms with van der Waals surface area (Å²) in [6.45, 7) is 2.16. The minimum absolute atomic E-state index is 0.556. The second-order valence-corrected chi connectivity index (χ2v) is 2.93. The van der Waals surface area contributed by atoms with E-state index in [2.05, 4.69) is 51.3 Å². The smallest absolute Gasteiger partial charge is 0.0591 e. The third kappa shape index (κ3) is 1.24. The van der Waals surface area contributed by atoms with Gasteiger partial charge in [0.05, 0.1) is 28.9 Å². The fourth-order valence-electron chi connectivity index (χ4n) is 0.575. The first-order valence-corrected chi connectivity index (χ1v) is 3.56. The van der Waals surface area contributed by atoms with Crippen LogP contribution in [-0.2, 0) is 0 Å². The Hall–Kier alpha value is 0.0100. The Morgan fingerprint density at radius 3 is 2.62 bits per heavy atom. The summed E-state index contributed by atoms with van der Waals surface area (Å²) in [5.74, 6) is 0. The number of hydrogen-bond donors (Lipinski definition) is 0. The molecule has 1 aliphatic rings. The molecule has 1 atom stereocenters. The van der Waals surface area contributed by atoms with Gasteiger partial charge in [-0.25, -0.2) is 0 Å². The van der Waals surface area contributed by atoms with Gasteiger partial charge in [-0.15, -0.1) is 0 Å². The fourth-order valence-corrected chi connectivity index (χ4v) is 0.946. The second kappa shape index (κ2) is 2.53. The quantitative estimate of drug-likeness (QED) is 0.447. The molecule has 1 rings (SSSR count). The highest BCUT2D eigenvalue weighted by Crippen LogP contribution is 2.11. The van der Waals surface area contributed by atoms with Gasteiger partial charge in [0.1, 0.15) is 0 Å². The lowest BCUT2D eigenvalue weighted by molar-refractivity contribution is 0.588. The second-order valence-electron chi connectivity index (χ2n) is 1.81. The summed E-state index contributed by atoms with van der Waals surface area (Å²) in [5, 5.41) is 0. The van der Waals surface area contributed by atoms with Gasteiger partial charge in [0.2, 0.25) is 0 Å². The van der Waals surface area contributed by atoms with E-state index in [1.54, 1.807) is 0 Å². The van der Waals surface area contributed by atoms with Gasteiger partial charge in [-0.2, -0.15) is 0 Å². The molecule has 0 aromatic carbocycles. The third-order valence-electron chi connectivity index (χ3n) is 1.12. The summed E-state index contributed by atoms with van der Waals surface area (Å²) in [7, 11) is 0. The molecule has 0 aromatic rings. The van der Waals surface area contributed by atoms with Crippen LogP contribution < -0.4 is 0 Å². The normalized spacial score (nSPS) is 26.8. The molecule has 0 unspecified atom stereocenters. The van der Waals surface area contributed by atoms with Gasteiger partial charge < -0.3 is 3.11 Å². The Kier molecular flexibility index (Phi) is 1.94. The van der Waals surface area contributed by atoms with Gasteiger partial charge >= 0.3 is 0 Å². The minimum Gasteiger partial charge on any atom is -0.315 e. The molecule has 0 N–H and O–H groups in total. The predicted molar refractivity (Wildman–Crippen MR) is 43.6 cm³/mol. The topological polar surface area (TPSA) is 3.24 Å². The molecular formula is C6H8IN. The highest BCUT2D eigenvalue weighted by Gasteiger charge is 2.02. The Labute approximate surface area is 63.6 Å². The molecule has 0 fully saturated rings. The van der Waals surface area contributed by atoms with Crippen LogP contribution in [0.25, 0.3) is 0 Å². The molecule has 1 nitrogen and oxygen atoms in total. The van der Waals surface area contributed by atoms with Crippen molar-refractivity contribution in [2.24, 2.45) is 0 Å². The van der Waals surface area contributed by atoms with Gasteiger partial charge in [0.25, 0.3) is 0 Å². The standard InChI is InChI=1S/C6H8IN/c1-6-4-2-3-5-8(6)7/h2-6H,1H3/t6-/m1/s1. The first-order chi connectivity index (χ1) is 3.80. The summed E-state index contributed by atoms with van der Waals surface area (Å²) in [5.41, 5.74) is 0. The highest BCUT2D eigenvalue weighted by atomic mass is 127. The van der Waals surface area contributed by atoms with E-state index in [0.29, 0.717) is 6.04 Å². The molecule has 0 spiro atoms. The lowest BCUT2D eigenvalue weighted by Gasteiger charge is -2.18. The molecule has 0 bridgehead atoms. The molecule has 8 heavy (non-hydrogen) atoms. The third-order valence-corrected chi connectivity index (χ3v) is 2.32. The van der Waals surface area contributed by atoms with Crippen LogP contribution >= 0.6 is 22.9 Å². The van der Waals surface area contributed by atoms with Crippen molar-refractivity contribution >= 4 is 22.9 Å². The molecular weight excluding hydrogens is 213 g/mol. The van der Waals surface area contributed by atoms with E-state index in [-0.39, 0.29) is 0 Å². The maximum atomic E-state index is 2.28. The lowest BCUT2D eigenvalue weighted by atomic mass is 10.2. The van der Waals surface area contributed by atoms with E-state index in [4.69, 9.17) is 0 Å². The first kappa shape index (κ1) is 6.13. The van der Waals surface area contributed by atoms with Crippen molar-refractivity contribution in [2.75, 3.05) is 0 Å². The summed E-state index contributed by atoms with van der Waals surface area (Å²) in [6.07, 6.45) is 8.32. The first-order valence-electron chi connectivity index (χ1n) is 2.60. The monoisotopic (exact) mass is 221 g/mol. The lowest BCUT2D eigenvalue weighted by Crippen LogP contribution is -2.16. The SMILES string of the molecule is C[C@@H]1C=CC=CN1I. The van der Waals surface area contributed by atoms with Crippen molar-refractivity contribution in [2.45, 2.75) is 13.0 Å². The average Bonchev–Trinajstić information content (AvgIpc) is 1.77. The van der Waals surface area contributed by atoms with Crippen molar-refractivity contribution in [1.29, 1.82) is 0 Å². The van der Waals surface area contributed by atoms with Crippen molar-refractivity contribution in [3.05, 3.63) is 24.4 Å². The zero-order valence-electron chi connectivity index (χ0n) is 4.71. The van der Waals surface area contributed by atoms with Crippen molar-refractivity contribution in [1.82, 2.24) is 3.11 Å². The van der Waals surface area contributed by atoms with Gasteiger partial charge in [-0.05, 0) is 13.0 Å². The zero-order chi connectivity index (χ0) is 5.98. The number of rotatable bonds is 0. The number of allylic oxidation sites excluding steroid dienone is 2. The molecule has 1 aliphatic heterocycles. The zero-order valence-corrected chi connectivity index (χ0v) is 6.87. The van der Waals surface area contributed by atoms with Crippen LogP contribution in [0.3, 0.4) is 0 Å². The Morgan fingerprint density at radius 1 is 1.50 bits per heavy atom.